The average molecular weight is 520 g/mol. The van der Waals surface area contributed by atoms with Gasteiger partial charge in [0, 0.05) is 13.7 Å². The molecule has 0 radical (unpaired) electrons. The van der Waals surface area contributed by atoms with Gasteiger partial charge in [0.2, 0.25) is 0 Å². The molecule has 0 unspecified atom stereocenters. The van der Waals surface area contributed by atoms with Crippen LogP contribution in [0.5, 0.6) is 0 Å². The van der Waals surface area contributed by atoms with Crippen LogP contribution in [0.1, 0.15) is 17.0 Å². The third-order valence-electron chi connectivity index (χ3n) is 3.28. The molecule has 2 heterocycles. The Bertz CT molecular complexity index is 531. The molecule has 0 aromatic carbocycles. The number of hydrogen-bond acceptors (Lipinski definition) is 4. The van der Waals surface area contributed by atoms with Crippen LogP contribution < -0.4 is 5.32 Å². The van der Waals surface area contributed by atoms with Gasteiger partial charge in [-0.2, -0.15) is 0 Å². The van der Waals surface area contributed by atoms with Crippen molar-refractivity contribution in [3.63, 3.8) is 0 Å². The van der Waals surface area contributed by atoms with Crippen LogP contribution in [-0.4, -0.2) is 64.3 Å². The molecule has 1 aliphatic rings. The van der Waals surface area contributed by atoms with Crippen LogP contribution in [-0.2, 0) is 4.74 Å². The van der Waals surface area contributed by atoms with Crippen LogP contribution in [0, 0.1) is 7.40 Å². The van der Waals surface area contributed by atoms with Gasteiger partial charge in [0.05, 0.1) is 18.7 Å². The number of amides is 2. The van der Waals surface area contributed by atoms with Crippen molar-refractivity contribution in [1.29, 1.82) is 0 Å². The Morgan fingerprint density at radius 3 is 2.76 bits per heavy atom. The van der Waals surface area contributed by atoms with Crippen molar-refractivity contribution >= 4 is 57.2 Å². The molecular formula is C11H14I2N4O4. The van der Waals surface area contributed by atoms with E-state index < -0.39 is 6.09 Å². The third kappa shape index (κ3) is 3.97. The normalized spacial score (nSPS) is 22.1. The number of rotatable bonds is 3. The van der Waals surface area contributed by atoms with Gasteiger partial charge < -0.3 is 25.0 Å². The van der Waals surface area contributed by atoms with E-state index in [9.17, 15) is 9.59 Å². The summed E-state index contributed by atoms with van der Waals surface area (Å²) in [7, 11) is 1.51. The Kier molecular flexibility index (Phi) is 5.65. The lowest BCUT2D eigenvalue weighted by atomic mass is 10.0. The average Bonchev–Trinajstić information content (AvgIpc) is 2.79. The zero-order valence-corrected chi connectivity index (χ0v) is 15.4. The zero-order chi connectivity index (χ0) is 15.6. The summed E-state index contributed by atoms with van der Waals surface area (Å²) in [5.74, 6) is -0.0639. The molecule has 8 nitrogen and oxygen atoms in total. The molecule has 1 fully saturated rings. The molecule has 1 aromatic heterocycles. The van der Waals surface area contributed by atoms with Gasteiger partial charge in [-0.05, 0) is 51.6 Å². The van der Waals surface area contributed by atoms with Crippen LogP contribution in [0.4, 0.5) is 4.79 Å². The molecule has 1 aliphatic heterocycles. The second-order valence-electron chi connectivity index (χ2n) is 4.56. The maximum atomic E-state index is 12.2. The SMILES string of the molecule is CO[C@@H]1CN(C(=O)O)CC[C@@H]1NC(=O)c1nc(I)c(I)[nH]1. The number of hydrogen-bond donors (Lipinski definition) is 3. The number of imidazole rings is 1. The van der Waals surface area contributed by atoms with E-state index in [0.717, 1.165) is 7.40 Å². The quantitative estimate of drug-likeness (QED) is 0.519. The summed E-state index contributed by atoms with van der Waals surface area (Å²) in [4.78, 5) is 31.5. The number of carbonyl (C=O) groups excluding carboxylic acids is 1. The van der Waals surface area contributed by atoms with Gasteiger partial charge in [0.25, 0.3) is 5.91 Å². The van der Waals surface area contributed by atoms with E-state index in [1.807, 2.05) is 22.6 Å². The lowest BCUT2D eigenvalue weighted by Crippen LogP contribution is -2.55. The standard InChI is InChI=1S/C11H14I2N4O4/c1-21-6-4-17(11(19)20)3-2-5(6)14-10(18)9-15-7(12)8(13)16-9/h5-6H,2-4H2,1H3,(H,14,18)(H,15,16)(H,19,20)/t5-,6+/m0/s1. The first-order chi connectivity index (χ1) is 9.92. The molecule has 0 spiro atoms. The molecule has 1 aromatic rings. The first-order valence-electron chi connectivity index (χ1n) is 6.15. The number of H-pyrrole nitrogens is 1. The number of likely N-dealkylation sites (tertiary alicyclic amines) is 1. The fourth-order valence-electron chi connectivity index (χ4n) is 2.17. The minimum absolute atomic E-state index is 0.237. The lowest BCUT2D eigenvalue weighted by Gasteiger charge is -2.36. The zero-order valence-electron chi connectivity index (χ0n) is 11.1. The molecule has 0 aliphatic carbocycles. The van der Waals surface area contributed by atoms with Gasteiger partial charge in [-0.15, -0.1) is 0 Å². The van der Waals surface area contributed by atoms with Gasteiger partial charge in [-0.1, -0.05) is 0 Å². The van der Waals surface area contributed by atoms with Crippen molar-refractivity contribution in [2.45, 2.75) is 18.6 Å². The minimum Gasteiger partial charge on any atom is -0.465 e. The maximum Gasteiger partial charge on any atom is 0.407 e. The molecule has 0 bridgehead atoms. The smallest absolute Gasteiger partial charge is 0.407 e. The van der Waals surface area contributed by atoms with E-state index in [-0.39, 0.29) is 30.4 Å². The van der Waals surface area contributed by atoms with Crippen molar-refractivity contribution < 1.29 is 19.4 Å². The maximum absolute atomic E-state index is 12.2. The second-order valence-corrected chi connectivity index (χ2v) is 6.66. The van der Waals surface area contributed by atoms with Crippen LogP contribution in [0.15, 0.2) is 0 Å². The fraction of sp³-hybridized carbons (Fsp3) is 0.545. The Hall–Kier alpha value is -0.630. The van der Waals surface area contributed by atoms with E-state index in [0.29, 0.717) is 13.0 Å². The van der Waals surface area contributed by atoms with Crippen LogP contribution in [0.2, 0.25) is 0 Å². The second kappa shape index (κ2) is 7.09. The Morgan fingerprint density at radius 1 is 1.52 bits per heavy atom. The van der Waals surface area contributed by atoms with Gasteiger partial charge in [-0.25, -0.2) is 9.78 Å². The third-order valence-corrected chi connectivity index (χ3v) is 5.88. The van der Waals surface area contributed by atoms with Crippen molar-refractivity contribution in [1.82, 2.24) is 20.2 Å². The number of methoxy groups -OCH3 is 1. The highest BCUT2D eigenvalue weighted by atomic mass is 127. The molecule has 2 atom stereocenters. The minimum atomic E-state index is -0.975. The number of piperidine rings is 1. The Morgan fingerprint density at radius 2 is 2.24 bits per heavy atom. The molecular weight excluding hydrogens is 506 g/mol. The highest BCUT2D eigenvalue weighted by Gasteiger charge is 2.33. The monoisotopic (exact) mass is 520 g/mol. The lowest BCUT2D eigenvalue weighted by molar-refractivity contribution is 0.0100. The summed E-state index contributed by atoms with van der Waals surface area (Å²) in [6, 6.07) is -0.237. The summed E-state index contributed by atoms with van der Waals surface area (Å²) in [5.41, 5.74) is 0. The van der Waals surface area contributed by atoms with Crippen molar-refractivity contribution in [3.8, 4) is 0 Å². The molecule has 21 heavy (non-hydrogen) atoms. The number of nitrogens with zero attached hydrogens (tertiary/aromatic N) is 2. The van der Waals surface area contributed by atoms with Crippen LogP contribution >= 0.6 is 45.2 Å². The molecule has 10 heteroatoms. The van der Waals surface area contributed by atoms with Gasteiger partial charge in [-0.3, -0.25) is 4.79 Å². The first-order valence-corrected chi connectivity index (χ1v) is 8.30. The number of carbonyl (C=O) groups is 2. The predicted octanol–water partition coefficient (Wildman–Crippen LogP) is 1.12. The predicted molar refractivity (Wildman–Crippen MR) is 90.3 cm³/mol. The summed E-state index contributed by atoms with van der Waals surface area (Å²) >= 11 is 4.11. The van der Waals surface area contributed by atoms with E-state index in [2.05, 4.69) is 37.9 Å². The Labute approximate surface area is 148 Å². The number of halogens is 2. The van der Waals surface area contributed by atoms with E-state index in [1.165, 1.54) is 12.0 Å². The summed E-state index contributed by atoms with van der Waals surface area (Å²) in [6.07, 6.45) is -0.838. The molecule has 2 amide bonds. The number of aromatic nitrogens is 2. The van der Waals surface area contributed by atoms with Crippen LogP contribution in [0.25, 0.3) is 0 Å². The number of nitrogens with one attached hydrogen (secondary N) is 2. The van der Waals surface area contributed by atoms with E-state index >= 15 is 0 Å². The van der Waals surface area contributed by atoms with E-state index in [4.69, 9.17) is 9.84 Å². The molecule has 3 N–H and O–H groups in total. The van der Waals surface area contributed by atoms with Gasteiger partial charge in [0.15, 0.2) is 5.82 Å². The molecule has 116 valence electrons. The van der Waals surface area contributed by atoms with Crippen LogP contribution in [0.3, 0.4) is 0 Å². The largest absolute Gasteiger partial charge is 0.465 e. The number of aromatic amines is 1. The molecule has 2 rings (SSSR count). The topological polar surface area (TPSA) is 108 Å². The van der Waals surface area contributed by atoms with Gasteiger partial charge in [0.1, 0.15) is 7.40 Å². The highest BCUT2D eigenvalue weighted by molar-refractivity contribution is 14.1. The van der Waals surface area contributed by atoms with E-state index in [1.54, 1.807) is 0 Å². The molecule has 0 saturated carbocycles. The van der Waals surface area contributed by atoms with Crippen molar-refractivity contribution in [3.05, 3.63) is 13.2 Å². The Balaban J connectivity index is 2.01. The van der Waals surface area contributed by atoms with Gasteiger partial charge >= 0.3 is 6.09 Å². The first kappa shape index (κ1) is 16.7. The molecule has 1 saturated heterocycles. The summed E-state index contributed by atoms with van der Waals surface area (Å²) in [5, 5.41) is 11.8. The summed E-state index contributed by atoms with van der Waals surface area (Å²) in [6.45, 7) is 0.608. The van der Waals surface area contributed by atoms with Crippen molar-refractivity contribution in [2.75, 3.05) is 20.2 Å². The number of ether oxygens (including phenoxy) is 1. The summed E-state index contributed by atoms with van der Waals surface area (Å²) < 4.78 is 6.84. The van der Waals surface area contributed by atoms with Crippen molar-refractivity contribution in [2.24, 2.45) is 0 Å². The number of carboxylic acid groups (broad SMARTS) is 1. The fourth-order valence-corrected chi connectivity index (χ4v) is 2.92. The highest BCUT2D eigenvalue weighted by Crippen LogP contribution is 2.16.